The van der Waals surface area contributed by atoms with E-state index in [1.807, 2.05) is 13.8 Å². The van der Waals surface area contributed by atoms with E-state index in [9.17, 15) is 4.79 Å². The minimum atomic E-state index is -0.157. The van der Waals surface area contributed by atoms with Crippen LogP contribution in [0, 0.1) is 13.8 Å². The fourth-order valence-corrected chi connectivity index (χ4v) is 3.21. The average molecular weight is 303 g/mol. The number of carbonyl (C=O) groups excluding carboxylic acids is 1. The summed E-state index contributed by atoms with van der Waals surface area (Å²) in [5, 5.41) is 3.71. The van der Waals surface area contributed by atoms with Crippen molar-refractivity contribution in [2.45, 2.75) is 26.7 Å². The molecule has 0 bridgehead atoms. The van der Waals surface area contributed by atoms with Gasteiger partial charge in [-0.15, -0.1) is 11.3 Å². The van der Waals surface area contributed by atoms with Crippen LogP contribution in [0.5, 0.6) is 0 Å². The van der Waals surface area contributed by atoms with Gasteiger partial charge in [0.25, 0.3) is 5.91 Å². The summed E-state index contributed by atoms with van der Waals surface area (Å²) in [5.74, 6) is 0.575. The summed E-state index contributed by atoms with van der Waals surface area (Å²) in [6.45, 7) is 5.74. The lowest BCUT2D eigenvalue weighted by molar-refractivity contribution is 0.102. The van der Waals surface area contributed by atoms with Crippen LogP contribution < -0.4 is 10.2 Å². The predicted octanol–water partition coefficient (Wildman–Crippen LogP) is 2.40. The molecule has 0 atom stereocenters. The van der Waals surface area contributed by atoms with E-state index in [0.717, 1.165) is 29.7 Å². The zero-order valence-electron chi connectivity index (χ0n) is 12.1. The first-order valence-electron chi connectivity index (χ1n) is 6.96. The number of aromatic nitrogens is 3. The molecule has 21 heavy (non-hydrogen) atoms. The zero-order chi connectivity index (χ0) is 14.8. The predicted molar refractivity (Wildman–Crippen MR) is 83.0 cm³/mol. The summed E-state index contributed by atoms with van der Waals surface area (Å²) in [6, 6.07) is 0. The van der Waals surface area contributed by atoms with E-state index < -0.39 is 0 Å². The standard InChI is InChI=1S/C14H17N5OS/c1-9-12(21-10(2)17-9)13(20)18-11-7-15-14(16-8-11)19-5-3-4-6-19/h7-8H,3-6H2,1-2H3,(H,18,20). The van der Waals surface area contributed by atoms with Crippen molar-refractivity contribution >= 4 is 28.9 Å². The molecule has 7 heteroatoms. The van der Waals surface area contributed by atoms with E-state index in [-0.39, 0.29) is 5.91 Å². The number of carbonyl (C=O) groups is 1. The van der Waals surface area contributed by atoms with Gasteiger partial charge in [0.05, 0.1) is 28.8 Å². The van der Waals surface area contributed by atoms with Crippen LogP contribution in [0.3, 0.4) is 0 Å². The number of aryl methyl sites for hydroxylation is 2. The van der Waals surface area contributed by atoms with Crippen molar-refractivity contribution in [3.05, 3.63) is 28.0 Å². The topological polar surface area (TPSA) is 71.0 Å². The van der Waals surface area contributed by atoms with Crippen LogP contribution in [-0.2, 0) is 0 Å². The molecular weight excluding hydrogens is 286 g/mol. The molecule has 110 valence electrons. The van der Waals surface area contributed by atoms with Gasteiger partial charge in [0.2, 0.25) is 5.95 Å². The molecule has 2 aromatic heterocycles. The van der Waals surface area contributed by atoms with Gasteiger partial charge in [0, 0.05) is 13.1 Å². The van der Waals surface area contributed by atoms with Gasteiger partial charge in [-0.1, -0.05) is 0 Å². The van der Waals surface area contributed by atoms with E-state index in [0.29, 0.717) is 10.6 Å². The molecule has 0 saturated carbocycles. The Morgan fingerprint density at radius 3 is 2.48 bits per heavy atom. The lowest BCUT2D eigenvalue weighted by atomic mass is 10.3. The second-order valence-electron chi connectivity index (χ2n) is 5.07. The smallest absolute Gasteiger partial charge is 0.267 e. The van der Waals surface area contributed by atoms with Crippen LogP contribution in [0.4, 0.5) is 11.6 Å². The maximum absolute atomic E-state index is 12.2. The Labute approximate surface area is 127 Å². The summed E-state index contributed by atoms with van der Waals surface area (Å²) in [7, 11) is 0. The molecule has 1 aliphatic rings. The van der Waals surface area contributed by atoms with Crippen LogP contribution in [0.2, 0.25) is 0 Å². The summed E-state index contributed by atoms with van der Waals surface area (Å²) in [6.07, 6.45) is 5.68. The fraction of sp³-hybridized carbons (Fsp3) is 0.429. The highest BCUT2D eigenvalue weighted by Crippen LogP contribution is 2.20. The van der Waals surface area contributed by atoms with Crippen LogP contribution >= 0.6 is 11.3 Å². The van der Waals surface area contributed by atoms with Gasteiger partial charge >= 0.3 is 0 Å². The largest absolute Gasteiger partial charge is 0.341 e. The first kappa shape index (κ1) is 13.9. The first-order valence-corrected chi connectivity index (χ1v) is 7.77. The molecule has 1 aliphatic heterocycles. The number of anilines is 2. The third-order valence-electron chi connectivity index (χ3n) is 3.39. The van der Waals surface area contributed by atoms with E-state index in [1.165, 1.54) is 24.2 Å². The van der Waals surface area contributed by atoms with Crippen molar-refractivity contribution in [3.63, 3.8) is 0 Å². The van der Waals surface area contributed by atoms with Gasteiger partial charge in [-0.25, -0.2) is 15.0 Å². The summed E-state index contributed by atoms with van der Waals surface area (Å²) >= 11 is 1.39. The lowest BCUT2D eigenvalue weighted by Crippen LogP contribution is -2.20. The quantitative estimate of drug-likeness (QED) is 0.942. The molecular formula is C14H17N5OS. The third kappa shape index (κ3) is 3.02. The molecule has 0 radical (unpaired) electrons. The number of hydrogen-bond acceptors (Lipinski definition) is 6. The third-order valence-corrected chi connectivity index (χ3v) is 4.47. The number of nitrogens with zero attached hydrogens (tertiary/aromatic N) is 4. The summed E-state index contributed by atoms with van der Waals surface area (Å²) in [4.78, 5) is 27.9. The highest BCUT2D eigenvalue weighted by atomic mass is 32.1. The monoisotopic (exact) mass is 303 g/mol. The van der Waals surface area contributed by atoms with Crippen LogP contribution in [-0.4, -0.2) is 33.9 Å². The van der Waals surface area contributed by atoms with Gasteiger partial charge in [-0.2, -0.15) is 0 Å². The van der Waals surface area contributed by atoms with Gasteiger partial charge < -0.3 is 10.2 Å². The van der Waals surface area contributed by atoms with Crippen molar-refractivity contribution < 1.29 is 4.79 Å². The Bertz CT molecular complexity index is 646. The Balaban J connectivity index is 1.70. The van der Waals surface area contributed by atoms with E-state index in [4.69, 9.17) is 0 Å². The minimum absolute atomic E-state index is 0.157. The molecule has 1 amide bonds. The van der Waals surface area contributed by atoms with Gasteiger partial charge in [0.15, 0.2) is 0 Å². The SMILES string of the molecule is Cc1nc(C)c(C(=O)Nc2cnc(N3CCCC3)nc2)s1. The maximum atomic E-state index is 12.2. The fourth-order valence-electron chi connectivity index (χ4n) is 2.40. The molecule has 0 unspecified atom stereocenters. The zero-order valence-corrected chi connectivity index (χ0v) is 12.9. The highest BCUT2D eigenvalue weighted by Gasteiger charge is 2.16. The van der Waals surface area contributed by atoms with Crippen LogP contribution in [0.25, 0.3) is 0 Å². The normalized spacial score (nSPS) is 14.5. The van der Waals surface area contributed by atoms with Crippen molar-refractivity contribution in [1.29, 1.82) is 0 Å². The number of hydrogen-bond donors (Lipinski definition) is 1. The van der Waals surface area contributed by atoms with Crippen molar-refractivity contribution in [2.75, 3.05) is 23.3 Å². The lowest BCUT2D eigenvalue weighted by Gasteiger charge is -2.14. The first-order chi connectivity index (χ1) is 10.1. The second kappa shape index (κ2) is 5.77. The van der Waals surface area contributed by atoms with E-state index >= 15 is 0 Å². The Kier molecular flexibility index (Phi) is 3.83. The Hall–Kier alpha value is -2.02. The van der Waals surface area contributed by atoms with E-state index in [2.05, 4.69) is 25.2 Å². The van der Waals surface area contributed by atoms with Gasteiger partial charge in [-0.3, -0.25) is 4.79 Å². The number of thiazole rings is 1. The summed E-state index contributed by atoms with van der Waals surface area (Å²) in [5.41, 5.74) is 1.36. The van der Waals surface area contributed by atoms with Gasteiger partial charge in [-0.05, 0) is 26.7 Å². The molecule has 3 rings (SSSR count). The molecule has 0 aliphatic carbocycles. The van der Waals surface area contributed by atoms with Crippen molar-refractivity contribution in [2.24, 2.45) is 0 Å². The van der Waals surface area contributed by atoms with Crippen LogP contribution in [0.15, 0.2) is 12.4 Å². The molecule has 1 fully saturated rings. The molecule has 0 spiro atoms. The molecule has 1 saturated heterocycles. The van der Waals surface area contributed by atoms with E-state index in [1.54, 1.807) is 12.4 Å². The highest BCUT2D eigenvalue weighted by molar-refractivity contribution is 7.13. The number of rotatable bonds is 3. The Morgan fingerprint density at radius 2 is 1.90 bits per heavy atom. The second-order valence-corrected chi connectivity index (χ2v) is 6.27. The molecule has 2 aromatic rings. The maximum Gasteiger partial charge on any atom is 0.267 e. The number of amides is 1. The summed E-state index contributed by atoms with van der Waals surface area (Å²) < 4.78 is 0. The molecule has 0 aromatic carbocycles. The molecule has 1 N–H and O–H groups in total. The molecule has 3 heterocycles. The average Bonchev–Trinajstić information content (AvgIpc) is 3.09. The molecule has 6 nitrogen and oxygen atoms in total. The van der Waals surface area contributed by atoms with Crippen molar-refractivity contribution in [3.8, 4) is 0 Å². The van der Waals surface area contributed by atoms with Crippen molar-refractivity contribution in [1.82, 2.24) is 15.0 Å². The minimum Gasteiger partial charge on any atom is -0.341 e. The van der Waals surface area contributed by atoms with Crippen LogP contribution in [0.1, 0.15) is 33.2 Å². The Morgan fingerprint density at radius 1 is 1.24 bits per heavy atom. The van der Waals surface area contributed by atoms with Gasteiger partial charge in [0.1, 0.15) is 4.88 Å². The number of nitrogens with one attached hydrogen (secondary N) is 1.